The van der Waals surface area contributed by atoms with Gasteiger partial charge in [-0.05, 0) is 43.2 Å². The van der Waals surface area contributed by atoms with Gasteiger partial charge in [-0.2, -0.15) is 0 Å². The summed E-state index contributed by atoms with van der Waals surface area (Å²) in [6, 6.07) is 9.86. The van der Waals surface area contributed by atoms with Gasteiger partial charge in [-0.15, -0.1) is 0 Å². The number of nitro groups is 1. The first-order valence-electron chi connectivity index (χ1n) is 8.91. The molecule has 0 aromatic heterocycles. The third-order valence-electron chi connectivity index (χ3n) is 4.04. The summed E-state index contributed by atoms with van der Waals surface area (Å²) in [5.74, 6) is 0.00812. The van der Waals surface area contributed by atoms with Crippen LogP contribution < -0.4 is 10.1 Å². The minimum absolute atomic E-state index is 0.139. The van der Waals surface area contributed by atoms with E-state index < -0.39 is 10.8 Å². The summed E-state index contributed by atoms with van der Waals surface area (Å²) in [6.07, 6.45) is 4.27. The molecule has 27 heavy (non-hydrogen) atoms. The first-order valence-corrected chi connectivity index (χ1v) is 9.70. The van der Waals surface area contributed by atoms with Gasteiger partial charge in [0.15, 0.2) is 0 Å². The van der Waals surface area contributed by atoms with Gasteiger partial charge in [-0.25, -0.2) is 0 Å². The predicted octanol–water partition coefficient (Wildman–Crippen LogP) is 5.88. The van der Waals surface area contributed by atoms with Crippen LogP contribution >= 0.6 is 15.9 Å². The Morgan fingerprint density at radius 3 is 2.67 bits per heavy atom. The topological polar surface area (TPSA) is 81.5 Å². The van der Waals surface area contributed by atoms with Crippen molar-refractivity contribution in [2.75, 3.05) is 11.9 Å². The van der Waals surface area contributed by atoms with E-state index in [1.165, 1.54) is 12.1 Å². The fraction of sp³-hybridized carbons (Fsp3) is 0.350. The van der Waals surface area contributed by atoms with E-state index in [2.05, 4.69) is 28.2 Å². The molecule has 0 unspecified atom stereocenters. The van der Waals surface area contributed by atoms with Crippen LogP contribution in [-0.2, 0) is 0 Å². The molecule has 0 fully saturated rings. The molecule has 0 radical (unpaired) electrons. The number of hydrogen-bond donors (Lipinski definition) is 1. The van der Waals surface area contributed by atoms with Crippen LogP contribution in [0.1, 0.15) is 48.5 Å². The highest BCUT2D eigenvalue weighted by molar-refractivity contribution is 9.10. The molecule has 6 nitrogen and oxygen atoms in total. The number of carbonyl (C=O) groups is 1. The van der Waals surface area contributed by atoms with Crippen molar-refractivity contribution in [3.8, 4) is 5.75 Å². The third-order valence-corrected chi connectivity index (χ3v) is 4.53. The van der Waals surface area contributed by atoms with E-state index in [-0.39, 0.29) is 11.4 Å². The summed E-state index contributed by atoms with van der Waals surface area (Å²) in [5, 5.41) is 13.9. The number of nitrogens with zero attached hydrogens (tertiary/aromatic N) is 1. The van der Waals surface area contributed by atoms with E-state index in [1.807, 2.05) is 0 Å². The zero-order chi connectivity index (χ0) is 19.8. The van der Waals surface area contributed by atoms with Crippen LogP contribution in [0.2, 0.25) is 0 Å². The Balaban J connectivity index is 2.18. The van der Waals surface area contributed by atoms with Crippen molar-refractivity contribution in [1.82, 2.24) is 0 Å². The van der Waals surface area contributed by atoms with Crippen LogP contribution in [-0.4, -0.2) is 17.4 Å². The molecule has 0 saturated heterocycles. The molecule has 0 aliphatic carbocycles. The van der Waals surface area contributed by atoms with Crippen LogP contribution in [0.4, 0.5) is 11.4 Å². The zero-order valence-electron chi connectivity index (χ0n) is 15.5. The number of ether oxygens (including phenoxy) is 1. The maximum atomic E-state index is 12.7. The zero-order valence-corrected chi connectivity index (χ0v) is 17.0. The van der Waals surface area contributed by atoms with E-state index in [0.29, 0.717) is 17.9 Å². The van der Waals surface area contributed by atoms with Gasteiger partial charge in [0.2, 0.25) is 0 Å². The highest BCUT2D eigenvalue weighted by Gasteiger charge is 2.19. The lowest BCUT2D eigenvalue weighted by Gasteiger charge is -2.13. The van der Waals surface area contributed by atoms with Crippen LogP contribution in [0, 0.1) is 17.0 Å². The van der Waals surface area contributed by atoms with Crippen molar-refractivity contribution in [2.24, 2.45) is 0 Å². The molecule has 1 amide bonds. The van der Waals surface area contributed by atoms with Crippen molar-refractivity contribution < 1.29 is 14.5 Å². The maximum absolute atomic E-state index is 12.7. The number of rotatable bonds is 9. The third kappa shape index (κ3) is 6.06. The van der Waals surface area contributed by atoms with Gasteiger partial charge in [0.05, 0.1) is 17.1 Å². The number of hydrogen-bond acceptors (Lipinski definition) is 4. The monoisotopic (exact) mass is 434 g/mol. The Bertz CT molecular complexity index is 824. The summed E-state index contributed by atoms with van der Waals surface area (Å²) >= 11 is 3.36. The van der Waals surface area contributed by atoms with E-state index in [0.717, 1.165) is 35.7 Å². The van der Waals surface area contributed by atoms with Crippen molar-refractivity contribution in [3.63, 3.8) is 0 Å². The highest BCUT2D eigenvalue weighted by Crippen LogP contribution is 2.28. The Morgan fingerprint density at radius 1 is 1.19 bits per heavy atom. The van der Waals surface area contributed by atoms with Crippen LogP contribution in [0.5, 0.6) is 5.75 Å². The number of aryl methyl sites for hydroxylation is 1. The number of unbranched alkanes of at least 4 members (excludes halogenated alkanes) is 3. The molecule has 1 N–H and O–H groups in total. The minimum Gasteiger partial charge on any atom is -0.493 e. The number of nitro benzene ring substituents is 1. The fourth-order valence-electron chi connectivity index (χ4n) is 2.60. The molecule has 2 rings (SSSR count). The van der Waals surface area contributed by atoms with Crippen molar-refractivity contribution in [1.29, 1.82) is 0 Å². The first-order chi connectivity index (χ1) is 12.9. The summed E-state index contributed by atoms with van der Waals surface area (Å²) in [7, 11) is 0. The lowest BCUT2D eigenvalue weighted by atomic mass is 10.1. The largest absolute Gasteiger partial charge is 0.493 e. The second kappa shape index (κ2) is 10.1. The highest BCUT2D eigenvalue weighted by atomic mass is 79.9. The average Bonchev–Trinajstić information content (AvgIpc) is 2.63. The number of halogens is 1. The molecular formula is C20H23BrN2O4. The summed E-state index contributed by atoms with van der Waals surface area (Å²) < 4.78 is 6.51. The Labute approximate surface area is 167 Å². The van der Waals surface area contributed by atoms with E-state index in [9.17, 15) is 14.9 Å². The molecule has 0 heterocycles. The molecule has 0 aliphatic heterocycles. The van der Waals surface area contributed by atoms with Crippen LogP contribution in [0.15, 0.2) is 40.9 Å². The smallest absolute Gasteiger partial charge is 0.293 e. The molecule has 0 saturated carbocycles. The van der Waals surface area contributed by atoms with Crippen LogP contribution in [0.25, 0.3) is 0 Å². The number of benzene rings is 2. The van der Waals surface area contributed by atoms with Gasteiger partial charge in [0.25, 0.3) is 11.6 Å². The normalized spacial score (nSPS) is 10.5. The molecule has 0 atom stereocenters. The second-order valence-corrected chi connectivity index (χ2v) is 7.20. The molecule has 2 aromatic carbocycles. The quantitative estimate of drug-likeness (QED) is 0.303. The summed E-state index contributed by atoms with van der Waals surface area (Å²) in [4.78, 5) is 23.5. The van der Waals surface area contributed by atoms with Gasteiger partial charge in [0.1, 0.15) is 11.4 Å². The molecule has 0 spiro atoms. The van der Waals surface area contributed by atoms with Gasteiger partial charge in [0, 0.05) is 10.5 Å². The summed E-state index contributed by atoms with van der Waals surface area (Å²) in [5.41, 5.74) is 1.10. The van der Waals surface area contributed by atoms with Crippen molar-refractivity contribution in [2.45, 2.75) is 39.5 Å². The summed E-state index contributed by atoms with van der Waals surface area (Å²) in [6.45, 7) is 4.42. The predicted molar refractivity (Wildman–Crippen MR) is 110 cm³/mol. The first kappa shape index (κ1) is 20.9. The van der Waals surface area contributed by atoms with E-state index in [1.54, 1.807) is 31.2 Å². The molecule has 2 aromatic rings. The number of carbonyl (C=O) groups excluding carboxylic acids is 1. The van der Waals surface area contributed by atoms with Gasteiger partial charge < -0.3 is 10.1 Å². The molecule has 0 aliphatic rings. The van der Waals surface area contributed by atoms with Gasteiger partial charge >= 0.3 is 0 Å². The molecular weight excluding hydrogens is 412 g/mol. The van der Waals surface area contributed by atoms with Gasteiger partial charge in [-0.3, -0.25) is 14.9 Å². The van der Waals surface area contributed by atoms with E-state index in [4.69, 9.17) is 4.74 Å². The molecule has 144 valence electrons. The SMILES string of the molecule is CCCCCCOc1ccc(Br)cc1C(=O)Nc1ccc(C)cc1[N+](=O)[O-]. The lowest BCUT2D eigenvalue weighted by Crippen LogP contribution is -2.15. The number of anilines is 1. The van der Waals surface area contributed by atoms with Gasteiger partial charge in [-0.1, -0.05) is 48.2 Å². The standard InChI is InChI=1S/C20H23BrN2O4/c1-3-4-5-6-11-27-19-10-8-15(21)13-16(19)20(24)22-17-9-7-14(2)12-18(17)23(25)26/h7-10,12-13H,3-6,11H2,1-2H3,(H,22,24). The Morgan fingerprint density at radius 2 is 1.96 bits per heavy atom. The average molecular weight is 435 g/mol. The van der Waals surface area contributed by atoms with Crippen molar-refractivity contribution in [3.05, 3.63) is 62.1 Å². The number of amides is 1. The minimum atomic E-state index is -0.505. The Kier molecular flexibility index (Phi) is 7.79. The second-order valence-electron chi connectivity index (χ2n) is 6.28. The lowest BCUT2D eigenvalue weighted by molar-refractivity contribution is -0.384. The molecule has 7 heteroatoms. The maximum Gasteiger partial charge on any atom is 0.293 e. The number of nitrogens with one attached hydrogen (secondary N) is 1. The van der Waals surface area contributed by atoms with E-state index >= 15 is 0 Å². The molecule has 0 bridgehead atoms. The Hall–Kier alpha value is -2.41. The van der Waals surface area contributed by atoms with Crippen LogP contribution in [0.3, 0.4) is 0 Å². The fourth-order valence-corrected chi connectivity index (χ4v) is 2.97. The van der Waals surface area contributed by atoms with Crippen molar-refractivity contribution >= 4 is 33.2 Å².